The lowest BCUT2D eigenvalue weighted by molar-refractivity contribution is -0.127. The number of carbonyl (C=O) groups is 2. The van der Waals surface area contributed by atoms with Crippen LogP contribution in [0.2, 0.25) is 0 Å². The second-order valence-corrected chi connectivity index (χ2v) is 5.84. The summed E-state index contributed by atoms with van der Waals surface area (Å²) in [5.74, 6) is 0.192. The fourth-order valence-corrected chi connectivity index (χ4v) is 2.64. The SMILES string of the molecule is Cc1ccc(/C=C/C(=O)N2CCN(C(=O)c3ccco3)CC2)cc1. The van der Waals surface area contributed by atoms with Gasteiger partial charge in [0, 0.05) is 32.3 Å². The van der Waals surface area contributed by atoms with E-state index < -0.39 is 0 Å². The predicted octanol–water partition coefficient (Wildman–Crippen LogP) is 2.59. The number of piperazine rings is 1. The lowest BCUT2D eigenvalue weighted by atomic mass is 10.1. The van der Waals surface area contributed by atoms with Crippen molar-refractivity contribution in [2.24, 2.45) is 0 Å². The monoisotopic (exact) mass is 324 g/mol. The third-order valence-corrected chi connectivity index (χ3v) is 4.11. The molecule has 3 rings (SSSR count). The Morgan fingerprint density at radius 2 is 1.67 bits per heavy atom. The molecule has 124 valence electrons. The Morgan fingerprint density at radius 1 is 1.00 bits per heavy atom. The molecule has 5 heteroatoms. The third-order valence-electron chi connectivity index (χ3n) is 4.11. The van der Waals surface area contributed by atoms with E-state index in [0.717, 1.165) is 5.56 Å². The first-order valence-corrected chi connectivity index (χ1v) is 8.00. The van der Waals surface area contributed by atoms with Gasteiger partial charge in [0.25, 0.3) is 5.91 Å². The molecule has 0 N–H and O–H groups in total. The van der Waals surface area contributed by atoms with E-state index in [4.69, 9.17) is 4.42 Å². The summed E-state index contributed by atoms with van der Waals surface area (Å²) in [5, 5.41) is 0. The maximum Gasteiger partial charge on any atom is 0.289 e. The van der Waals surface area contributed by atoms with Crippen molar-refractivity contribution in [3.05, 3.63) is 65.6 Å². The molecule has 0 unspecified atom stereocenters. The number of furan rings is 1. The Balaban J connectivity index is 1.53. The van der Waals surface area contributed by atoms with Gasteiger partial charge in [-0.25, -0.2) is 0 Å². The van der Waals surface area contributed by atoms with E-state index in [9.17, 15) is 9.59 Å². The molecule has 1 saturated heterocycles. The van der Waals surface area contributed by atoms with Crippen molar-refractivity contribution in [2.45, 2.75) is 6.92 Å². The molecular weight excluding hydrogens is 304 g/mol. The van der Waals surface area contributed by atoms with Crippen LogP contribution in [0.15, 0.2) is 53.2 Å². The largest absolute Gasteiger partial charge is 0.459 e. The highest BCUT2D eigenvalue weighted by atomic mass is 16.3. The Labute approximate surface area is 141 Å². The van der Waals surface area contributed by atoms with Crippen molar-refractivity contribution >= 4 is 17.9 Å². The van der Waals surface area contributed by atoms with E-state index in [1.54, 1.807) is 28.0 Å². The van der Waals surface area contributed by atoms with Crippen LogP contribution in [0.1, 0.15) is 21.7 Å². The molecule has 1 fully saturated rings. The van der Waals surface area contributed by atoms with Gasteiger partial charge < -0.3 is 14.2 Å². The van der Waals surface area contributed by atoms with Gasteiger partial charge in [0.1, 0.15) is 0 Å². The topological polar surface area (TPSA) is 53.8 Å². The molecule has 0 atom stereocenters. The van der Waals surface area contributed by atoms with E-state index in [0.29, 0.717) is 31.9 Å². The maximum absolute atomic E-state index is 12.3. The summed E-state index contributed by atoms with van der Waals surface area (Å²) < 4.78 is 5.14. The van der Waals surface area contributed by atoms with Crippen molar-refractivity contribution in [3.8, 4) is 0 Å². The van der Waals surface area contributed by atoms with Crippen LogP contribution in [-0.4, -0.2) is 47.8 Å². The molecular formula is C19H20N2O3. The summed E-state index contributed by atoms with van der Waals surface area (Å²) in [6.07, 6.45) is 4.90. The molecule has 1 aromatic heterocycles. The highest BCUT2D eigenvalue weighted by molar-refractivity contribution is 5.93. The Morgan fingerprint density at radius 3 is 2.29 bits per heavy atom. The highest BCUT2D eigenvalue weighted by Crippen LogP contribution is 2.10. The molecule has 5 nitrogen and oxygen atoms in total. The van der Waals surface area contributed by atoms with Crippen LogP contribution >= 0.6 is 0 Å². The van der Waals surface area contributed by atoms with Crippen LogP contribution in [0, 0.1) is 6.92 Å². The van der Waals surface area contributed by atoms with Gasteiger partial charge in [-0.1, -0.05) is 29.8 Å². The zero-order valence-corrected chi connectivity index (χ0v) is 13.6. The highest BCUT2D eigenvalue weighted by Gasteiger charge is 2.25. The van der Waals surface area contributed by atoms with Crippen molar-refractivity contribution in [1.29, 1.82) is 0 Å². The van der Waals surface area contributed by atoms with Crippen LogP contribution in [0.5, 0.6) is 0 Å². The molecule has 0 saturated carbocycles. The summed E-state index contributed by atoms with van der Waals surface area (Å²) in [6.45, 7) is 4.13. The van der Waals surface area contributed by atoms with Crippen LogP contribution in [-0.2, 0) is 4.79 Å². The molecule has 1 aliphatic heterocycles. The smallest absolute Gasteiger partial charge is 0.289 e. The summed E-state index contributed by atoms with van der Waals surface area (Å²) in [7, 11) is 0. The van der Waals surface area contributed by atoms with E-state index in [1.807, 2.05) is 37.3 Å². The molecule has 2 amide bonds. The van der Waals surface area contributed by atoms with Gasteiger partial charge in [-0.05, 0) is 30.7 Å². The van der Waals surface area contributed by atoms with Crippen molar-refractivity contribution in [3.63, 3.8) is 0 Å². The molecule has 2 heterocycles. The summed E-state index contributed by atoms with van der Waals surface area (Å²) in [4.78, 5) is 27.9. The van der Waals surface area contributed by atoms with Gasteiger partial charge in [0.15, 0.2) is 5.76 Å². The fourth-order valence-electron chi connectivity index (χ4n) is 2.64. The zero-order valence-electron chi connectivity index (χ0n) is 13.6. The average Bonchev–Trinajstić information content (AvgIpc) is 3.15. The minimum Gasteiger partial charge on any atom is -0.459 e. The second kappa shape index (κ2) is 7.17. The molecule has 24 heavy (non-hydrogen) atoms. The lowest BCUT2D eigenvalue weighted by Crippen LogP contribution is -2.50. The van der Waals surface area contributed by atoms with Crippen molar-refractivity contribution in [1.82, 2.24) is 9.80 Å². The average molecular weight is 324 g/mol. The standard InChI is InChI=1S/C19H20N2O3/c1-15-4-6-16(7-5-15)8-9-18(22)20-10-12-21(13-11-20)19(23)17-3-2-14-24-17/h2-9,14H,10-13H2,1H3/b9-8+. The lowest BCUT2D eigenvalue weighted by Gasteiger charge is -2.33. The fraction of sp³-hybridized carbons (Fsp3) is 0.263. The summed E-state index contributed by atoms with van der Waals surface area (Å²) in [6, 6.07) is 11.4. The summed E-state index contributed by atoms with van der Waals surface area (Å²) in [5.41, 5.74) is 2.19. The summed E-state index contributed by atoms with van der Waals surface area (Å²) >= 11 is 0. The minimum atomic E-state index is -0.123. The van der Waals surface area contributed by atoms with Gasteiger partial charge >= 0.3 is 0 Å². The first-order chi connectivity index (χ1) is 11.6. The van der Waals surface area contributed by atoms with Gasteiger partial charge in [0.05, 0.1) is 6.26 Å². The number of benzene rings is 1. The predicted molar refractivity (Wildman–Crippen MR) is 91.4 cm³/mol. The number of carbonyl (C=O) groups excluding carboxylic acids is 2. The van der Waals surface area contributed by atoms with Crippen LogP contribution in [0.4, 0.5) is 0 Å². The second-order valence-electron chi connectivity index (χ2n) is 5.84. The number of hydrogen-bond acceptors (Lipinski definition) is 3. The van der Waals surface area contributed by atoms with Gasteiger partial charge in [-0.2, -0.15) is 0 Å². The molecule has 2 aromatic rings. The number of amides is 2. The number of rotatable bonds is 3. The molecule has 1 aromatic carbocycles. The minimum absolute atomic E-state index is 0.0272. The third kappa shape index (κ3) is 3.74. The van der Waals surface area contributed by atoms with E-state index in [1.165, 1.54) is 11.8 Å². The Kier molecular flexibility index (Phi) is 4.79. The van der Waals surface area contributed by atoms with Crippen molar-refractivity contribution < 1.29 is 14.0 Å². The zero-order chi connectivity index (χ0) is 16.9. The van der Waals surface area contributed by atoms with Gasteiger partial charge in [-0.15, -0.1) is 0 Å². The van der Waals surface area contributed by atoms with E-state index >= 15 is 0 Å². The maximum atomic E-state index is 12.3. The van der Waals surface area contributed by atoms with Gasteiger partial charge in [0.2, 0.25) is 5.91 Å². The van der Waals surface area contributed by atoms with Crippen LogP contribution in [0.3, 0.4) is 0 Å². The molecule has 0 radical (unpaired) electrons. The van der Waals surface area contributed by atoms with E-state index in [2.05, 4.69) is 0 Å². The molecule has 0 aliphatic carbocycles. The molecule has 0 spiro atoms. The number of hydrogen-bond donors (Lipinski definition) is 0. The van der Waals surface area contributed by atoms with Crippen LogP contribution in [0.25, 0.3) is 6.08 Å². The molecule has 0 bridgehead atoms. The van der Waals surface area contributed by atoms with Gasteiger partial charge in [-0.3, -0.25) is 9.59 Å². The Hall–Kier alpha value is -2.82. The van der Waals surface area contributed by atoms with Crippen LogP contribution < -0.4 is 0 Å². The number of nitrogens with zero attached hydrogens (tertiary/aromatic N) is 2. The quantitative estimate of drug-likeness (QED) is 0.816. The molecule has 1 aliphatic rings. The van der Waals surface area contributed by atoms with E-state index in [-0.39, 0.29) is 11.8 Å². The first-order valence-electron chi connectivity index (χ1n) is 8.00. The normalized spacial score (nSPS) is 15.0. The van der Waals surface area contributed by atoms with Crippen molar-refractivity contribution in [2.75, 3.05) is 26.2 Å². The first kappa shape index (κ1) is 16.1. The Bertz CT molecular complexity index is 724. The number of aryl methyl sites for hydroxylation is 1.